The Bertz CT molecular complexity index is 1250. The Morgan fingerprint density at radius 1 is 0.897 bits per heavy atom. The Morgan fingerprint density at radius 2 is 1.49 bits per heavy atom. The van der Waals surface area contributed by atoms with E-state index < -0.39 is 9.84 Å². The Kier molecular flexibility index (Phi) is 8.86. The van der Waals surface area contributed by atoms with Gasteiger partial charge in [-0.05, 0) is 47.4 Å². The summed E-state index contributed by atoms with van der Waals surface area (Å²) < 4.78 is 24.1. The number of hydrogen-bond donors (Lipinski definition) is 0. The first-order valence-electron chi connectivity index (χ1n) is 14.0. The number of hydrogen-bond acceptors (Lipinski definition) is 5. The van der Waals surface area contributed by atoms with Crippen molar-refractivity contribution in [1.82, 2.24) is 14.7 Å². The molecule has 0 radical (unpaired) electrons. The summed E-state index contributed by atoms with van der Waals surface area (Å²) in [6.45, 7) is 11.8. The van der Waals surface area contributed by atoms with Crippen molar-refractivity contribution >= 4 is 21.7 Å². The molecule has 2 heterocycles. The Balaban J connectivity index is 1.55. The van der Waals surface area contributed by atoms with Crippen LogP contribution in [0.1, 0.15) is 64.1 Å². The molecule has 2 aromatic rings. The maximum absolute atomic E-state index is 13.7. The SMILES string of the molecule is CC(=O)N1CCC(CC(=O)N2CCN(C(c3ccccc3)c3ccc(S(C)(=O)=O)cc3)C[C@@H]2C(C)(C)C)CC1. The van der Waals surface area contributed by atoms with Crippen LogP contribution in [0.25, 0.3) is 0 Å². The molecule has 0 aromatic heterocycles. The van der Waals surface area contributed by atoms with E-state index in [9.17, 15) is 18.0 Å². The minimum absolute atomic E-state index is 0.0394. The summed E-state index contributed by atoms with van der Waals surface area (Å²) in [7, 11) is -3.28. The van der Waals surface area contributed by atoms with Gasteiger partial charge in [0.2, 0.25) is 11.8 Å². The monoisotopic (exact) mass is 553 g/mol. The van der Waals surface area contributed by atoms with Crippen molar-refractivity contribution in [3.8, 4) is 0 Å². The van der Waals surface area contributed by atoms with Gasteiger partial charge >= 0.3 is 0 Å². The zero-order valence-electron chi connectivity index (χ0n) is 24.0. The summed E-state index contributed by atoms with van der Waals surface area (Å²) in [6.07, 6.45) is 3.52. The van der Waals surface area contributed by atoms with Crippen LogP contribution in [-0.2, 0) is 19.4 Å². The number of carbonyl (C=O) groups excluding carboxylic acids is 2. The topological polar surface area (TPSA) is 78.0 Å². The van der Waals surface area contributed by atoms with Crippen molar-refractivity contribution in [1.29, 1.82) is 0 Å². The highest BCUT2D eigenvalue weighted by Gasteiger charge is 2.40. The molecule has 212 valence electrons. The van der Waals surface area contributed by atoms with Crippen LogP contribution in [-0.4, -0.2) is 80.0 Å². The number of nitrogens with zero attached hydrogens (tertiary/aromatic N) is 3. The molecule has 0 N–H and O–H groups in total. The van der Waals surface area contributed by atoms with E-state index >= 15 is 0 Å². The molecule has 0 bridgehead atoms. The van der Waals surface area contributed by atoms with Crippen LogP contribution in [0.15, 0.2) is 59.5 Å². The maximum atomic E-state index is 13.7. The predicted octanol–water partition coefficient (Wildman–Crippen LogP) is 4.39. The van der Waals surface area contributed by atoms with Gasteiger partial charge in [-0.3, -0.25) is 14.5 Å². The van der Waals surface area contributed by atoms with Crippen molar-refractivity contribution in [2.24, 2.45) is 11.3 Å². The zero-order chi connectivity index (χ0) is 28.4. The fourth-order valence-electron chi connectivity index (χ4n) is 6.04. The average Bonchev–Trinajstić information content (AvgIpc) is 2.89. The third kappa shape index (κ3) is 7.09. The molecule has 1 unspecified atom stereocenters. The highest BCUT2D eigenvalue weighted by atomic mass is 32.2. The molecule has 4 rings (SSSR count). The van der Waals surface area contributed by atoms with E-state index in [4.69, 9.17) is 0 Å². The van der Waals surface area contributed by atoms with Crippen LogP contribution in [0.3, 0.4) is 0 Å². The van der Waals surface area contributed by atoms with Crippen molar-refractivity contribution in [3.05, 3.63) is 65.7 Å². The summed E-state index contributed by atoms with van der Waals surface area (Å²) in [4.78, 5) is 32.1. The van der Waals surface area contributed by atoms with Crippen LogP contribution in [0.2, 0.25) is 0 Å². The second kappa shape index (κ2) is 11.8. The van der Waals surface area contributed by atoms with Crippen LogP contribution >= 0.6 is 0 Å². The van der Waals surface area contributed by atoms with Crippen molar-refractivity contribution in [3.63, 3.8) is 0 Å². The first-order chi connectivity index (χ1) is 18.3. The Hall–Kier alpha value is -2.71. The van der Waals surface area contributed by atoms with Crippen molar-refractivity contribution < 1.29 is 18.0 Å². The number of amides is 2. The molecule has 2 aliphatic heterocycles. The molecule has 2 aliphatic rings. The molecule has 0 saturated carbocycles. The van der Waals surface area contributed by atoms with Crippen molar-refractivity contribution in [2.75, 3.05) is 39.0 Å². The van der Waals surface area contributed by atoms with Gasteiger partial charge in [0.05, 0.1) is 10.9 Å². The van der Waals surface area contributed by atoms with E-state index in [1.165, 1.54) is 6.26 Å². The van der Waals surface area contributed by atoms with E-state index in [1.54, 1.807) is 19.1 Å². The van der Waals surface area contributed by atoms with Gasteiger partial charge in [-0.25, -0.2) is 8.42 Å². The van der Waals surface area contributed by atoms with Gasteiger partial charge in [-0.15, -0.1) is 0 Å². The first-order valence-corrected chi connectivity index (χ1v) is 15.9. The second-order valence-electron chi connectivity index (χ2n) is 12.3. The van der Waals surface area contributed by atoms with E-state index in [0.29, 0.717) is 23.8 Å². The molecule has 8 heteroatoms. The quantitative estimate of drug-likeness (QED) is 0.530. The lowest BCUT2D eigenvalue weighted by Crippen LogP contribution is -2.60. The number of carbonyl (C=O) groups is 2. The largest absolute Gasteiger partial charge is 0.343 e. The second-order valence-corrected chi connectivity index (χ2v) is 14.3. The summed E-state index contributed by atoms with van der Waals surface area (Å²) in [5.74, 6) is 0.643. The summed E-state index contributed by atoms with van der Waals surface area (Å²) in [5.41, 5.74) is 2.07. The number of likely N-dealkylation sites (tertiary alicyclic amines) is 1. The van der Waals surface area contributed by atoms with Gasteiger partial charge in [0.1, 0.15) is 0 Å². The Morgan fingerprint density at radius 3 is 2.03 bits per heavy atom. The lowest BCUT2D eigenvalue weighted by atomic mass is 9.82. The molecule has 39 heavy (non-hydrogen) atoms. The van der Waals surface area contributed by atoms with Gasteiger partial charge in [-0.1, -0.05) is 63.2 Å². The summed E-state index contributed by atoms with van der Waals surface area (Å²) in [6, 6.07) is 17.5. The Labute approximate surface area is 234 Å². The third-order valence-corrected chi connectivity index (χ3v) is 9.49. The highest BCUT2D eigenvalue weighted by Crippen LogP contribution is 2.36. The molecular weight excluding hydrogens is 510 g/mol. The average molecular weight is 554 g/mol. The fourth-order valence-corrected chi connectivity index (χ4v) is 6.67. The molecular formula is C31H43N3O4S. The lowest BCUT2D eigenvalue weighted by molar-refractivity contribution is -0.141. The molecule has 2 saturated heterocycles. The molecule has 2 fully saturated rings. The summed E-state index contributed by atoms with van der Waals surface area (Å²) in [5, 5.41) is 0. The van der Waals surface area contributed by atoms with Gasteiger partial charge in [0.15, 0.2) is 9.84 Å². The van der Waals surface area contributed by atoms with Gasteiger partial charge in [0.25, 0.3) is 0 Å². The van der Waals surface area contributed by atoms with Crippen LogP contribution in [0, 0.1) is 11.3 Å². The van der Waals surface area contributed by atoms with Crippen LogP contribution < -0.4 is 0 Å². The van der Waals surface area contributed by atoms with Crippen molar-refractivity contribution in [2.45, 2.75) is 63.9 Å². The molecule has 7 nitrogen and oxygen atoms in total. The third-order valence-electron chi connectivity index (χ3n) is 8.36. The molecule has 0 spiro atoms. The number of piperidine rings is 1. The lowest BCUT2D eigenvalue weighted by Gasteiger charge is -2.50. The minimum Gasteiger partial charge on any atom is -0.343 e. The molecule has 2 amide bonds. The summed E-state index contributed by atoms with van der Waals surface area (Å²) >= 11 is 0. The molecule has 2 atom stereocenters. The zero-order valence-corrected chi connectivity index (χ0v) is 24.8. The molecule has 0 aliphatic carbocycles. The standard InChI is InChI=1S/C31H43N3O4S/c1-23(35)32-17-15-24(16-18-32)21-29(36)34-20-19-33(22-28(34)31(2,3)4)30(25-9-7-6-8-10-25)26-11-13-27(14-12-26)39(5,37)38/h6-14,24,28,30H,15-22H2,1-5H3/t28-,30?/m1/s1. The van der Waals surface area contributed by atoms with Gasteiger partial charge < -0.3 is 9.80 Å². The van der Waals surface area contributed by atoms with E-state index in [0.717, 1.165) is 50.1 Å². The van der Waals surface area contributed by atoms with Crippen LogP contribution in [0.5, 0.6) is 0 Å². The number of benzene rings is 2. The predicted molar refractivity (Wildman–Crippen MR) is 154 cm³/mol. The highest BCUT2D eigenvalue weighted by molar-refractivity contribution is 7.90. The van der Waals surface area contributed by atoms with E-state index in [1.807, 2.05) is 35.2 Å². The van der Waals surface area contributed by atoms with Gasteiger partial charge in [-0.2, -0.15) is 0 Å². The number of sulfone groups is 1. The normalized spacial score (nSPS) is 20.6. The minimum atomic E-state index is -3.28. The van der Waals surface area contributed by atoms with E-state index in [-0.39, 0.29) is 29.3 Å². The molecule has 2 aromatic carbocycles. The smallest absolute Gasteiger partial charge is 0.223 e. The first kappa shape index (κ1) is 29.3. The maximum Gasteiger partial charge on any atom is 0.223 e. The van der Waals surface area contributed by atoms with Gasteiger partial charge in [0, 0.05) is 58.4 Å². The fraction of sp³-hybridized carbons (Fsp3) is 0.548. The number of rotatable bonds is 6. The van der Waals surface area contributed by atoms with Crippen LogP contribution in [0.4, 0.5) is 0 Å². The van der Waals surface area contributed by atoms with E-state index in [2.05, 4.69) is 42.7 Å². The number of piperazine rings is 1.